The van der Waals surface area contributed by atoms with Crippen LogP contribution in [-0.4, -0.2) is 56.7 Å². The number of carbonyl (C=O) groups excluding carboxylic acids is 1. The van der Waals surface area contributed by atoms with Crippen LogP contribution < -0.4 is 15.4 Å². The van der Waals surface area contributed by atoms with E-state index in [9.17, 15) is 13.6 Å². The monoisotopic (exact) mass is 305 g/mol. The standard InChI is InChI=1S/C12H17F2N3O2S/c13-12(14)19-9-1-8-20-10(9)11(18)16-4-7-17-5-2-15-3-6-17/h1,8,12,15H,2-7H2,(H,16,18). The number of rotatable bonds is 6. The quantitative estimate of drug-likeness (QED) is 0.823. The van der Waals surface area contributed by atoms with Crippen LogP contribution in [0.25, 0.3) is 0 Å². The fourth-order valence-corrected chi connectivity index (χ4v) is 2.73. The van der Waals surface area contributed by atoms with E-state index >= 15 is 0 Å². The van der Waals surface area contributed by atoms with E-state index in [2.05, 4.69) is 20.3 Å². The van der Waals surface area contributed by atoms with Crippen LogP contribution >= 0.6 is 11.3 Å². The Kier molecular flexibility index (Phi) is 5.69. The third kappa shape index (κ3) is 4.39. The predicted molar refractivity (Wildman–Crippen MR) is 72.6 cm³/mol. The van der Waals surface area contributed by atoms with Gasteiger partial charge in [0.25, 0.3) is 5.91 Å². The summed E-state index contributed by atoms with van der Waals surface area (Å²) in [6.45, 7) is 2.13. The van der Waals surface area contributed by atoms with Gasteiger partial charge in [-0.3, -0.25) is 9.69 Å². The normalized spacial score (nSPS) is 16.4. The molecule has 0 spiro atoms. The molecule has 2 rings (SSSR count). The first kappa shape index (κ1) is 15.1. The highest BCUT2D eigenvalue weighted by atomic mass is 32.1. The molecule has 0 aliphatic carbocycles. The first-order valence-corrected chi connectivity index (χ1v) is 7.28. The SMILES string of the molecule is O=C(NCCN1CCNCC1)c1sccc1OC(F)F. The van der Waals surface area contributed by atoms with E-state index < -0.39 is 6.61 Å². The van der Waals surface area contributed by atoms with E-state index in [0.717, 1.165) is 44.1 Å². The molecule has 0 saturated carbocycles. The molecule has 0 aromatic carbocycles. The fourth-order valence-electron chi connectivity index (χ4n) is 1.99. The molecular formula is C12H17F2N3O2S. The molecule has 1 aliphatic heterocycles. The first-order chi connectivity index (χ1) is 9.66. The van der Waals surface area contributed by atoms with E-state index in [-0.39, 0.29) is 16.5 Å². The van der Waals surface area contributed by atoms with Gasteiger partial charge in [-0.1, -0.05) is 0 Å². The van der Waals surface area contributed by atoms with Crippen LogP contribution in [0.5, 0.6) is 5.75 Å². The number of thiophene rings is 1. The highest BCUT2D eigenvalue weighted by Crippen LogP contribution is 2.26. The van der Waals surface area contributed by atoms with E-state index in [0.29, 0.717) is 6.54 Å². The highest BCUT2D eigenvalue weighted by molar-refractivity contribution is 7.12. The van der Waals surface area contributed by atoms with Crippen LogP contribution in [-0.2, 0) is 0 Å². The van der Waals surface area contributed by atoms with E-state index in [4.69, 9.17) is 0 Å². The molecule has 1 aromatic heterocycles. The maximum absolute atomic E-state index is 12.2. The van der Waals surface area contributed by atoms with Crippen LogP contribution in [0.4, 0.5) is 8.78 Å². The number of halogens is 2. The second kappa shape index (κ2) is 7.51. The van der Waals surface area contributed by atoms with Crippen molar-refractivity contribution in [2.24, 2.45) is 0 Å². The number of carbonyl (C=O) groups is 1. The molecule has 0 unspecified atom stereocenters. The Morgan fingerprint density at radius 1 is 1.50 bits per heavy atom. The molecule has 0 radical (unpaired) electrons. The van der Waals surface area contributed by atoms with Gasteiger partial charge in [0.2, 0.25) is 0 Å². The Morgan fingerprint density at radius 2 is 2.25 bits per heavy atom. The molecule has 2 heterocycles. The Balaban J connectivity index is 1.78. The van der Waals surface area contributed by atoms with Crippen molar-refractivity contribution in [3.05, 3.63) is 16.3 Å². The van der Waals surface area contributed by atoms with Crippen molar-refractivity contribution in [3.8, 4) is 5.75 Å². The molecule has 1 aliphatic rings. The zero-order valence-electron chi connectivity index (χ0n) is 10.9. The Hall–Kier alpha value is -1.25. The number of hydrogen-bond acceptors (Lipinski definition) is 5. The van der Waals surface area contributed by atoms with Gasteiger partial charge in [0.1, 0.15) is 10.6 Å². The van der Waals surface area contributed by atoms with Crippen molar-refractivity contribution in [1.82, 2.24) is 15.5 Å². The summed E-state index contributed by atoms with van der Waals surface area (Å²) in [6, 6.07) is 1.38. The number of piperazine rings is 1. The zero-order chi connectivity index (χ0) is 14.4. The van der Waals surface area contributed by atoms with Gasteiger partial charge in [-0.05, 0) is 11.4 Å². The molecular weight excluding hydrogens is 288 g/mol. The van der Waals surface area contributed by atoms with Gasteiger partial charge in [-0.15, -0.1) is 11.3 Å². The summed E-state index contributed by atoms with van der Waals surface area (Å²) >= 11 is 1.09. The molecule has 1 fully saturated rings. The summed E-state index contributed by atoms with van der Waals surface area (Å²) in [6.07, 6.45) is 0. The molecule has 0 atom stereocenters. The maximum atomic E-state index is 12.2. The first-order valence-electron chi connectivity index (χ1n) is 6.40. The number of amides is 1. The number of alkyl halides is 2. The van der Waals surface area contributed by atoms with E-state index in [1.165, 1.54) is 6.07 Å². The topological polar surface area (TPSA) is 53.6 Å². The number of nitrogens with one attached hydrogen (secondary N) is 2. The highest BCUT2D eigenvalue weighted by Gasteiger charge is 2.17. The zero-order valence-corrected chi connectivity index (χ0v) is 11.7. The van der Waals surface area contributed by atoms with Gasteiger partial charge >= 0.3 is 6.61 Å². The Bertz CT molecular complexity index is 436. The molecule has 5 nitrogen and oxygen atoms in total. The van der Waals surface area contributed by atoms with Gasteiger partial charge in [-0.25, -0.2) is 0 Å². The van der Waals surface area contributed by atoms with Crippen LogP contribution in [0.3, 0.4) is 0 Å². The molecule has 1 amide bonds. The molecule has 1 aromatic rings. The molecule has 20 heavy (non-hydrogen) atoms. The molecule has 2 N–H and O–H groups in total. The minimum Gasteiger partial charge on any atom is -0.433 e. The Morgan fingerprint density at radius 3 is 2.95 bits per heavy atom. The summed E-state index contributed by atoms with van der Waals surface area (Å²) in [4.78, 5) is 14.3. The van der Waals surface area contributed by atoms with Crippen LogP contribution in [0, 0.1) is 0 Å². The second-order valence-electron chi connectivity index (χ2n) is 4.34. The third-order valence-electron chi connectivity index (χ3n) is 2.97. The third-order valence-corrected chi connectivity index (χ3v) is 3.87. The van der Waals surface area contributed by atoms with Crippen molar-refractivity contribution < 1.29 is 18.3 Å². The minimum atomic E-state index is -2.92. The summed E-state index contributed by atoms with van der Waals surface area (Å²) < 4.78 is 28.6. The summed E-state index contributed by atoms with van der Waals surface area (Å²) in [5.74, 6) is -0.435. The van der Waals surface area contributed by atoms with Crippen molar-refractivity contribution in [2.45, 2.75) is 6.61 Å². The van der Waals surface area contributed by atoms with E-state index in [1.54, 1.807) is 5.38 Å². The fraction of sp³-hybridized carbons (Fsp3) is 0.583. The second-order valence-corrected chi connectivity index (χ2v) is 5.26. The van der Waals surface area contributed by atoms with Gasteiger partial charge in [0.05, 0.1) is 0 Å². The lowest BCUT2D eigenvalue weighted by Gasteiger charge is -2.27. The lowest BCUT2D eigenvalue weighted by atomic mass is 10.3. The average molecular weight is 305 g/mol. The van der Waals surface area contributed by atoms with Crippen molar-refractivity contribution in [1.29, 1.82) is 0 Å². The van der Waals surface area contributed by atoms with E-state index in [1.807, 2.05) is 0 Å². The maximum Gasteiger partial charge on any atom is 0.387 e. The van der Waals surface area contributed by atoms with Crippen LogP contribution in [0.2, 0.25) is 0 Å². The van der Waals surface area contributed by atoms with Gasteiger partial charge in [0, 0.05) is 39.3 Å². The lowest BCUT2D eigenvalue weighted by molar-refractivity contribution is -0.0498. The molecule has 0 bridgehead atoms. The summed E-state index contributed by atoms with van der Waals surface area (Å²) in [7, 11) is 0. The summed E-state index contributed by atoms with van der Waals surface area (Å²) in [5.41, 5.74) is 0. The largest absolute Gasteiger partial charge is 0.433 e. The van der Waals surface area contributed by atoms with Gasteiger partial charge in [0.15, 0.2) is 0 Å². The number of hydrogen-bond donors (Lipinski definition) is 2. The lowest BCUT2D eigenvalue weighted by Crippen LogP contribution is -2.46. The molecule has 1 saturated heterocycles. The Labute approximate surface area is 119 Å². The molecule has 8 heteroatoms. The van der Waals surface area contributed by atoms with Crippen LogP contribution in [0.15, 0.2) is 11.4 Å². The minimum absolute atomic E-state index is 0.0651. The van der Waals surface area contributed by atoms with Crippen molar-refractivity contribution in [2.75, 3.05) is 39.3 Å². The van der Waals surface area contributed by atoms with Crippen LogP contribution in [0.1, 0.15) is 9.67 Å². The predicted octanol–water partition coefficient (Wildman–Crippen LogP) is 0.984. The summed E-state index contributed by atoms with van der Waals surface area (Å²) in [5, 5.41) is 7.54. The van der Waals surface area contributed by atoms with Crippen molar-refractivity contribution in [3.63, 3.8) is 0 Å². The number of nitrogens with zero attached hydrogens (tertiary/aromatic N) is 1. The smallest absolute Gasteiger partial charge is 0.387 e. The van der Waals surface area contributed by atoms with Crippen molar-refractivity contribution >= 4 is 17.2 Å². The van der Waals surface area contributed by atoms with Gasteiger partial charge in [-0.2, -0.15) is 8.78 Å². The average Bonchev–Trinajstić information content (AvgIpc) is 2.87. The number of ether oxygens (including phenoxy) is 1. The van der Waals surface area contributed by atoms with Gasteiger partial charge < -0.3 is 15.4 Å². The molecule has 112 valence electrons.